The van der Waals surface area contributed by atoms with Gasteiger partial charge in [0, 0.05) is 46.5 Å². The number of aromatic nitrogens is 1. The fourth-order valence-corrected chi connectivity index (χ4v) is 5.94. The highest BCUT2D eigenvalue weighted by atomic mass is 16.3. The number of amides is 1. The molecule has 206 valence electrons. The number of carbonyl (C=O) groups is 3. The van der Waals surface area contributed by atoms with Crippen molar-refractivity contribution < 1.29 is 18.8 Å². The molecular formula is C34H31N3O4. The second kappa shape index (κ2) is 10.3. The number of ketones is 2. The van der Waals surface area contributed by atoms with Gasteiger partial charge in [-0.1, -0.05) is 32.0 Å². The van der Waals surface area contributed by atoms with Crippen molar-refractivity contribution in [1.82, 2.24) is 4.98 Å². The fourth-order valence-electron chi connectivity index (χ4n) is 5.94. The van der Waals surface area contributed by atoms with Crippen LogP contribution in [0.5, 0.6) is 0 Å². The monoisotopic (exact) mass is 545 g/mol. The quantitative estimate of drug-likeness (QED) is 0.202. The van der Waals surface area contributed by atoms with Gasteiger partial charge >= 0.3 is 0 Å². The maximum atomic E-state index is 13.4. The van der Waals surface area contributed by atoms with Gasteiger partial charge in [-0.3, -0.25) is 19.4 Å². The number of Topliss-reactive ketones (excluding diaryl/α,β-unsaturated/α-hetero) is 2. The van der Waals surface area contributed by atoms with Crippen LogP contribution in [-0.4, -0.2) is 22.5 Å². The lowest BCUT2D eigenvalue weighted by atomic mass is 9.69. The predicted octanol–water partition coefficient (Wildman–Crippen LogP) is 6.91. The van der Waals surface area contributed by atoms with Crippen molar-refractivity contribution in [1.29, 1.82) is 0 Å². The van der Waals surface area contributed by atoms with E-state index in [-0.39, 0.29) is 11.3 Å². The van der Waals surface area contributed by atoms with Crippen molar-refractivity contribution in [3.63, 3.8) is 0 Å². The maximum Gasteiger partial charge on any atom is 0.248 e. The van der Waals surface area contributed by atoms with Crippen LogP contribution in [0, 0.1) is 6.92 Å². The molecule has 6 rings (SSSR count). The number of rotatable bonds is 6. The van der Waals surface area contributed by atoms with Crippen LogP contribution in [-0.2, 0) is 23.2 Å². The number of anilines is 2. The van der Waals surface area contributed by atoms with E-state index >= 15 is 0 Å². The summed E-state index contributed by atoms with van der Waals surface area (Å²) < 4.78 is 6.28. The molecular weight excluding hydrogens is 514 g/mol. The number of nitrogens with zero attached hydrogens (tertiary/aromatic N) is 1. The number of benzene rings is 2. The second-order valence-corrected chi connectivity index (χ2v) is 11.3. The van der Waals surface area contributed by atoms with Crippen LogP contribution in [0.25, 0.3) is 17.4 Å². The van der Waals surface area contributed by atoms with Crippen LogP contribution in [0.3, 0.4) is 0 Å². The smallest absolute Gasteiger partial charge is 0.248 e. The molecule has 0 atom stereocenters. The number of hydrogen-bond acceptors (Lipinski definition) is 6. The summed E-state index contributed by atoms with van der Waals surface area (Å²) in [4.78, 5) is 43.0. The van der Waals surface area contributed by atoms with E-state index in [1.165, 1.54) is 6.08 Å². The normalized spacial score (nSPS) is 15.3. The molecule has 2 aromatic heterocycles. The Hall–Kier alpha value is -4.78. The van der Waals surface area contributed by atoms with Gasteiger partial charge in [0.25, 0.3) is 0 Å². The molecule has 0 unspecified atom stereocenters. The summed E-state index contributed by atoms with van der Waals surface area (Å²) >= 11 is 0. The Morgan fingerprint density at radius 3 is 2.54 bits per heavy atom. The number of furan rings is 1. The average Bonchev–Trinajstić information content (AvgIpc) is 3.30. The van der Waals surface area contributed by atoms with Crippen LogP contribution in [0.2, 0.25) is 0 Å². The van der Waals surface area contributed by atoms with Gasteiger partial charge in [0.15, 0.2) is 0 Å². The number of nitrogens with one attached hydrogen (secondary N) is 2. The first-order valence-electron chi connectivity index (χ1n) is 13.8. The highest BCUT2D eigenvalue weighted by Gasteiger charge is 2.40. The van der Waals surface area contributed by atoms with E-state index in [2.05, 4.69) is 35.5 Å². The first-order valence-corrected chi connectivity index (χ1v) is 13.8. The third-order valence-corrected chi connectivity index (χ3v) is 8.14. The van der Waals surface area contributed by atoms with Crippen LogP contribution in [0.15, 0.2) is 71.4 Å². The van der Waals surface area contributed by atoms with Crippen molar-refractivity contribution >= 4 is 34.9 Å². The average molecular weight is 546 g/mol. The Morgan fingerprint density at radius 1 is 1.02 bits per heavy atom. The van der Waals surface area contributed by atoms with E-state index in [4.69, 9.17) is 4.42 Å². The number of hydrogen-bond donors (Lipinski definition) is 2. The summed E-state index contributed by atoms with van der Waals surface area (Å²) in [5, 5.41) is 6.16. The summed E-state index contributed by atoms with van der Waals surface area (Å²) in [7, 11) is 0. The molecule has 1 amide bonds. The summed E-state index contributed by atoms with van der Waals surface area (Å²) in [6, 6.07) is 15.1. The zero-order chi connectivity index (χ0) is 28.7. The first-order chi connectivity index (χ1) is 19.7. The van der Waals surface area contributed by atoms with E-state index in [0.29, 0.717) is 46.0 Å². The summed E-state index contributed by atoms with van der Waals surface area (Å²) in [6.45, 7) is 6.56. The van der Waals surface area contributed by atoms with Crippen LogP contribution < -0.4 is 10.6 Å². The largest absolute Gasteiger partial charge is 0.458 e. The Bertz CT molecular complexity index is 1710. The fraction of sp³-hybridized carbons (Fsp3) is 0.235. The van der Waals surface area contributed by atoms with Gasteiger partial charge in [-0.15, -0.1) is 0 Å². The second-order valence-electron chi connectivity index (χ2n) is 11.3. The van der Waals surface area contributed by atoms with E-state index < -0.39 is 11.6 Å². The van der Waals surface area contributed by atoms with Crippen molar-refractivity contribution in [2.45, 2.75) is 52.0 Å². The molecule has 2 N–H and O–H groups in total. The molecule has 0 spiro atoms. The molecule has 0 aliphatic heterocycles. The third-order valence-electron chi connectivity index (χ3n) is 8.14. The van der Waals surface area contributed by atoms with Crippen molar-refractivity contribution in [3.05, 3.63) is 106 Å². The molecule has 4 aromatic rings. The summed E-state index contributed by atoms with van der Waals surface area (Å²) in [6.07, 6.45) is 9.37. The van der Waals surface area contributed by atoms with Crippen LogP contribution in [0.1, 0.15) is 75.4 Å². The first kappa shape index (κ1) is 26.4. The molecule has 0 fully saturated rings. The molecule has 2 heterocycles. The Balaban J connectivity index is 1.18. The van der Waals surface area contributed by atoms with Gasteiger partial charge in [0.05, 0.1) is 12.1 Å². The lowest BCUT2D eigenvalue weighted by molar-refractivity contribution is -0.111. The molecule has 0 saturated heterocycles. The Labute approximate surface area is 238 Å². The van der Waals surface area contributed by atoms with Gasteiger partial charge in [-0.25, -0.2) is 0 Å². The van der Waals surface area contributed by atoms with Crippen molar-refractivity contribution in [2.24, 2.45) is 0 Å². The zero-order valence-electron chi connectivity index (χ0n) is 23.3. The minimum absolute atomic E-state index is 0.0324. The molecule has 0 radical (unpaired) electrons. The summed E-state index contributed by atoms with van der Waals surface area (Å²) in [5.41, 5.74) is 6.73. The van der Waals surface area contributed by atoms with E-state index in [1.54, 1.807) is 30.6 Å². The maximum absolute atomic E-state index is 13.4. The Kier molecular flexibility index (Phi) is 6.66. The predicted molar refractivity (Wildman–Crippen MR) is 159 cm³/mol. The molecule has 2 aromatic carbocycles. The summed E-state index contributed by atoms with van der Waals surface area (Å²) in [5.74, 6) is -0.0639. The van der Waals surface area contributed by atoms with E-state index in [9.17, 15) is 14.4 Å². The van der Waals surface area contributed by atoms with Gasteiger partial charge in [0.2, 0.25) is 17.5 Å². The van der Waals surface area contributed by atoms with Crippen molar-refractivity contribution in [3.8, 4) is 11.3 Å². The standard InChI is InChI=1S/C34H31N3O4/c1-20-27(19-36-22-9-11-23(12-10-22)37-28(38)15-8-21-6-5-17-35-18-21)41-33-25-13-14-26-24(7-4-16-34(26,2)3)30(25)32(40)31(39)29(20)33/h5-6,8-15,17-18,36H,4,7,16,19H2,1-3H3,(H,37,38)/b15-8+. The zero-order valence-corrected chi connectivity index (χ0v) is 23.3. The third kappa shape index (κ3) is 4.88. The van der Waals surface area contributed by atoms with Crippen LogP contribution in [0.4, 0.5) is 11.4 Å². The van der Waals surface area contributed by atoms with Gasteiger partial charge in [-0.2, -0.15) is 0 Å². The molecule has 41 heavy (non-hydrogen) atoms. The van der Waals surface area contributed by atoms with Crippen molar-refractivity contribution in [2.75, 3.05) is 10.6 Å². The minimum Gasteiger partial charge on any atom is -0.458 e. The van der Waals surface area contributed by atoms with Crippen LogP contribution >= 0.6 is 0 Å². The SMILES string of the molecule is Cc1c(CNc2ccc(NC(=O)/C=C/c3cccnc3)cc2)oc2c1C(=O)C(=O)c1c-2ccc2c1CCCC2(C)C. The lowest BCUT2D eigenvalue weighted by Gasteiger charge is -2.34. The van der Waals surface area contributed by atoms with Gasteiger partial charge in [-0.05, 0) is 84.7 Å². The van der Waals surface area contributed by atoms with Gasteiger partial charge < -0.3 is 15.1 Å². The number of pyridine rings is 1. The highest BCUT2D eigenvalue weighted by molar-refractivity contribution is 6.53. The van der Waals surface area contributed by atoms with E-state index in [0.717, 1.165) is 41.6 Å². The molecule has 2 aliphatic rings. The number of carbonyl (C=O) groups excluding carboxylic acids is 3. The molecule has 0 saturated carbocycles. The molecule has 0 bridgehead atoms. The minimum atomic E-state index is -0.491. The highest BCUT2D eigenvalue weighted by Crippen LogP contribution is 2.45. The molecule has 7 heteroatoms. The molecule has 7 nitrogen and oxygen atoms in total. The topological polar surface area (TPSA) is 101 Å². The number of fused-ring (bicyclic) bond motifs is 5. The van der Waals surface area contributed by atoms with E-state index in [1.807, 2.05) is 37.3 Å². The molecule has 2 aliphatic carbocycles. The Morgan fingerprint density at radius 2 is 1.78 bits per heavy atom. The lowest BCUT2D eigenvalue weighted by Crippen LogP contribution is -2.29. The van der Waals surface area contributed by atoms with Gasteiger partial charge in [0.1, 0.15) is 11.5 Å².